The number of hydrogen-bond donors (Lipinski definition) is 1. The molecule has 1 aliphatic heterocycles. The third kappa shape index (κ3) is 4.67. The summed E-state index contributed by atoms with van der Waals surface area (Å²) in [6.45, 7) is 7.33. The highest BCUT2D eigenvalue weighted by Crippen LogP contribution is 2.30. The SMILES string of the molecule is CC1(C)CCN(Cc2ccc(F)cc2C=CC(=O)O)CC1. The first-order valence-electron chi connectivity index (χ1n) is 7.27. The number of nitrogens with zero attached hydrogens (tertiary/aromatic N) is 1. The molecule has 1 aliphatic rings. The van der Waals surface area contributed by atoms with E-state index in [2.05, 4.69) is 18.7 Å². The van der Waals surface area contributed by atoms with Gasteiger partial charge in [0.1, 0.15) is 5.82 Å². The van der Waals surface area contributed by atoms with E-state index in [0.717, 1.165) is 44.1 Å². The lowest BCUT2D eigenvalue weighted by Gasteiger charge is -2.37. The van der Waals surface area contributed by atoms with E-state index in [4.69, 9.17) is 5.11 Å². The molecule has 0 aromatic heterocycles. The van der Waals surface area contributed by atoms with E-state index >= 15 is 0 Å². The van der Waals surface area contributed by atoms with E-state index in [-0.39, 0.29) is 5.82 Å². The number of piperidine rings is 1. The number of likely N-dealkylation sites (tertiary alicyclic amines) is 1. The van der Waals surface area contributed by atoms with Crippen LogP contribution < -0.4 is 0 Å². The summed E-state index contributed by atoms with van der Waals surface area (Å²) in [5, 5.41) is 8.72. The molecule has 1 aromatic carbocycles. The molecule has 0 spiro atoms. The van der Waals surface area contributed by atoms with Crippen LogP contribution in [0.4, 0.5) is 4.39 Å². The standard InChI is InChI=1S/C17H22FNO2/c1-17(2)7-9-19(10-8-17)12-14-3-5-15(18)11-13(14)4-6-16(20)21/h3-6,11H,7-10,12H2,1-2H3,(H,20,21). The summed E-state index contributed by atoms with van der Waals surface area (Å²) >= 11 is 0. The average molecular weight is 291 g/mol. The summed E-state index contributed by atoms with van der Waals surface area (Å²) in [4.78, 5) is 13.0. The molecule has 0 aliphatic carbocycles. The van der Waals surface area contributed by atoms with Crippen LogP contribution in [0.2, 0.25) is 0 Å². The normalized spacial score (nSPS) is 19.0. The predicted octanol–water partition coefficient (Wildman–Crippen LogP) is 3.55. The Kier molecular flexibility index (Phi) is 4.78. The van der Waals surface area contributed by atoms with E-state index in [9.17, 15) is 9.18 Å². The molecule has 0 unspecified atom stereocenters. The summed E-state index contributed by atoms with van der Waals surface area (Å²) < 4.78 is 13.4. The zero-order valence-corrected chi connectivity index (χ0v) is 12.6. The molecule has 0 radical (unpaired) electrons. The average Bonchev–Trinajstić information content (AvgIpc) is 2.41. The highest BCUT2D eigenvalue weighted by molar-refractivity contribution is 5.85. The van der Waals surface area contributed by atoms with Crippen LogP contribution in [0.3, 0.4) is 0 Å². The van der Waals surface area contributed by atoms with Crippen molar-refractivity contribution in [2.45, 2.75) is 33.2 Å². The largest absolute Gasteiger partial charge is 0.478 e. The van der Waals surface area contributed by atoms with Crippen LogP contribution in [0.25, 0.3) is 6.08 Å². The fourth-order valence-corrected chi connectivity index (χ4v) is 2.58. The van der Waals surface area contributed by atoms with Gasteiger partial charge >= 0.3 is 5.97 Å². The molecule has 1 fully saturated rings. The van der Waals surface area contributed by atoms with Crippen LogP contribution in [0.5, 0.6) is 0 Å². The molecule has 4 heteroatoms. The summed E-state index contributed by atoms with van der Waals surface area (Å²) in [5.41, 5.74) is 2.00. The van der Waals surface area contributed by atoms with E-state index < -0.39 is 5.97 Å². The number of carboxylic acids is 1. The molecule has 114 valence electrons. The first-order chi connectivity index (χ1) is 9.85. The summed E-state index contributed by atoms with van der Waals surface area (Å²) in [5.74, 6) is -1.37. The Morgan fingerprint density at radius 3 is 2.67 bits per heavy atom. The second-order valence-corrected chi connectivity index (χ2v) is 6.46. The molecule has 0 atom stereocenters. The Morgan fingerprint density at radius 2 is 2.05 bits per heavy atom. The zero-order valence-electron chi connectivity index (χ0n) is 12.6. The number of carbonyl (C=O) groups is 1. The molecule has 2 rings (SSSR count). The molecule has 0 saturated carbocycles. The van der Waals surface area contributed by atoms with Gasteiger partial charge in [-0.2, -0.15) is 0 Å². The second kappa shape index (κ2) is 6.39. The van der Waals surface area contributed by atoms with Crippen molar-refractivity contribution in [1.82, 2.24) is 4.90 Å². The Bertz CT molecular complexity index is 542. The Morgan fingerprint density at radius 1 is 1.38 bits per heavy atom. The van der Waals surface area contributed by atoms with Crippen molar-refractivity contribution in [3.63, 3.8) is 0 Å². The summed E-state index contributed by atoms with van der Waals surface area (Å²) in [7, 11) is 0. The van der Waals surface area contributed by atoms with Crippen LogP contribution in [0.15, 0.2) is 24.3 Å². The molecular formula is C17H22FNO2. The van der Waals surface area contributed by atoms with E-state index in [1.807, 2.05) is 0 Å². The Hall–Kier alpha value is -1.68. The summed E-state index contributed by atoms with van der Waals surface area (Å²) in [6, 6.07) is 4.57. The van der Waals surface area contributed by atoms with Crippen molar-refractivity contribution >= 4 is 12.0 Å². The molecule has 21 heavy (non-hydrogen) atoms. The molecule has 1 aromatic rings. The minimum Gasteiger partial charge on any atom is -0.478 e. The van der Waals surface area contributed by atoms with Gasteiger partial charge in [0.25, 0.3) is 0 Å². The molecule has 0 amide bonds. The zero-order chi connectivity index (χ0) is 15.5. The van der Waals surface area contributed by atoms with Crippen molar-refractivity contribution < 1.29 is 14.3 Å². The smallest absolute Gasteiger partial charge is 0.328 e. The molecular weight excluding hydrogens is 269 g/mol. The number of benzene rings is 1. The number of hydrogen-bond acceptors (Lipinski definition) is 2. The van der Waals surface area contributed by atoms with Crippen LogP contribution in [-0.4, -0.2) is 29.1 Å². The van der Waals surface area contributed by atoms with Crippen molar-refractivity contribution in [3.8, 4) is 0 Å². The van der Waals surface area contributed by atoms with Gasteiger partial charge in [-0.15, -0.1) is 0 Å². The quantitative estimate of drug-likeness (QED) is 0.863. The molecule has 1 N–H and O–H groups in total. The number of carboxylic acid groups (broad SMARTS) is 1. The Labute approximate surface area is 125 Å². The van der Waals surface area contributed by atoms with E-state index in [1.54, 1.807) is 6.07 Å². The van der Waals surface area contributed by atoms with Gasteiger partial charge in [0.05, 0.1) is 0 Å². The highest BCUT2D eigenvalue weighted by atomic mass is 19.1. The monoisotopic (exact) mass is 291 g/mol. The van der Waals surface area contributed by atoms with Crippen molar-refractivity contribution in [3.05, 3.63) is 41.2 Å². The minimum atomic E-state index is -1.02. The lowest BCUT2D eigenvalue weighted by atomic mass is 9.82. The van der Waals surface area contributed by atoms with Crippen molar-refractivity contribution in [2.75, 3.05) is 13.1 Å². The maximum atomic E-state index is 13.4. The van der Waals surface area contributed by atoms with E-state index in [0.29, 0.717) is 11.0 Å². The van der Waals surface area contributed by atoms with Gasteiger partial charge in [0, 0.05) is 12.6 Å². The second-order valence-electron chi connectivity index (χ2n) is 6.46. The van der Waals surface area contributed by atoms with Gasteiger partial charge in [-0.1, -0.05) is 19.9 Å². The van der Waals surface area contributed by atoms with Gasteiger partial charge in [-0.25, -0.2) is 9.18 Å². The molecule has 3 nitrogen and oxygen atoms in total. The van der Waals surface area contributed by atoms with Crippen molar-refractivity contribution in [2.24, 2.45) is 5.41 Å². The van der Waals surface area contributed by atoms with Gasteiger partial charge in [-0.3, -0.25) is 4.90 Å². The third-order valence-electron chi connectivity index (χ3n) is 4.12. The highest BCUT2D eigenvalue weighted by Gasteiger charge is 2.25. The van der Waals surface area contributed by atoms with Crippen LogP contribution in [0.1, 0.15) is 37.8 Å². The lowest BCUT2D eigenvalue weighted by molar-refractivity contribution is -0.131. The molecule has 0 bridgehead atoms. The predicted molar refractivity (Wildman–Crippen MR) is 81.4 cm³/mol. The van der Waals surface area contributed by atoms with Gasteiger partial charge < -0.3 is 5.11 Å². The first kappa shape index (κ1) is 15.7. The minimum absolute atomic E-state index is 0.344. The Balaban J connectivity index is 2.11. The van der Waals surface area contributed by atoms with Crippen LogP contribution >= 0.6 is 0 Å². The molecule has 1 heterocycles. The van der Waals surface area contributed by atoms with Crippen molar-refractivity contribution in [1.29, 1.82) is 0 Å². The van der Waals surface area contributed by atoms with Gasteiger partial charge in [0.2, 0.25) is 0 Å². The third-order valence-corrected chi connectivity index (χ3v) is 4.12. The number of aliphatic carboxylic acids is 1. The summed E-state index contributed by atoms with van der Waals surface area (Å²) in [6.07, 6.45) is 4.81. The number of rotatable bonds is 4. The maximum Gasteiger partial charge on any atom is 0.328 e. The van der Waals surface area contributed by atoms with E-state index in [1.165, 1.54) is 18.2 Å². The maximum absolute atomic E-state index is 13.4. The molecule has 1 saturated heterocycles. The number of halogens is 1. The van der Waals surface area contributed by atoms with Crippen LogP contribution in [0, 0.1) is 11.2 Å². The fourth-order valence-electron chi connectivity index (χ4n) is 2.58. The van der Waals surface area contributed by atoms with Gasteiger partial charge in [0.15, 0.2) is 0 Å². The lowest BCUT2D eigenvalue weighted by Crippen LogP contribution is -2.36. The van der Waals surface area contributed by atoms with Crippen LogP contribution in [-0.2, 0) is 11.3 Å². The fraction of sp³-hybridized carbons (Fsp3) is 0.471. The topological polar surface area (TPSA) is 40.5 Å². The first-order valence-corrected chi connectivity index (χ1v) is 7.27. The van der Waals surface area contributed by atoms with Gasteiger partial charge in [-0.05, 0) is 60.7 Å².